The van der Waals surface area contributed by atoms with Crippen LogP contribution in [0, 0.1) is 0 Å². The number of allylic oxidation sites excluding steroid dienone is 17. The zero-order valence-corrected chi connectivity index (χ0v) is 47.3. The SMILES string of the molecule is CC/C=C\C/C=C\C/C=C\C/C=C\C/C=C\C/C=C\C/C=C\C/C=C\CCCCCCCCCCCCCCC(=O)NC(COP(=O)(O)OCC[N+](C)(C)C)C(O)/C=C/CCCCCCCCCCCC. The monoisotopic (exact) mass is 1010 g/mol. The maximum absolute atomic E-state index is 12.9. The number of nitrogens with zero attached hydrogens (tertiary/aromatic N) is 1. The highest BCUT2D eigenvalue weighted by Gasteiger charge is 2.27. The zero-order valence-electron chi connectivity index (χ0n) is 46.4. The predicted molar refractivity (Wildman–Crippen MR) is 309 cm³/mol. The van der Waals surface area contributed by atoms with Crippen LogP contribution in [0.5, 0.6) is 0 Å². The van der Waals surface area contributed by atoms with Crippen LogP contribution >= 0.6 is 7.82 Å². The van der Waals surface area contributed by atoms with Crippen LogP contribution in [-0.2, 0) is 18.4 Å². The number of amides is 1. The van der Waals surface area contributed by atoms with Crippen LogP contribution < -0.4 is 5.32 Å². The molecular weight excluding hydrogens is 900 g/mol. The molecule has 0 bridgehead atoms. The molecule has 0 heterocycles. The number of nitrogens with one attached hydrogen (secondary N) is 1. The van der Waals surface area contributed by atoms with Gasteiger partial charge >= 0.3 is 7.82 Å². The minimum Gasteiger partial charge on any atom is -0.387 e. The Balaban J connectivity index is 4.07. The number of rotatable bonds is 51. The number of aliphatic hydroxyl groups is 1. The molecule has 0 fully saturated rings. The summed E-state index contributed by atoms with van der Waals surface area (Å²) >= 11 is 0. The van der Waals surface area contributed by atoms with Crippen LogP contribution in [0.1, 0.15) is 226 Å². The van der Waals surface area contributed by atoms with E-state index in [-0.39, 0.29) is 19.1 Å². The first-order chi connectivity index (χ1) is 34.5. The summed E-state index contributed by atoms with van der Waals surface area (Å²) in [6.07, 6.45) is 76.2. The van der Waals surface area contributed by atoms with Gasteiger partial charge in [-0.2, -0.15) is 0 Å². The van der Waals surface area contributed by atoms with Crippen molar-refractivity contribution in [3.63, 3.8) is 0 Å². The number of carbonyl (C=O) groups is 1. The van der Waals surface area contributed by atoms with Gasteiger partial charge in [-0.3, -0.25) is 13.8 Å². The maximum atomic E-state index is 12.9. The quantitative estimate of drug-likeness (QED) is 0.0243. The van der Waals surface area contributed by atoms with Crippen molar-refractivity contribution in [1.29, 1.82) is 0 Å². The van der Waals surface area contributed by atoms with Gasteiger partial charge < -0.3 is 19.8 Å². The molecule has 0 aliphatic heterocycles. The van der Waals surface area contributed by atoms with Gasteiger partial charge in [0.05, 0.1) is 39.9 Å². The predicted octanol–water partition coefficient (Wildman–Crippen LogP) is 17.6. The molecule has 408 valence electrons. The molecule has 0 aliphatic rings. The Morgan fingerprint density at radius 3 is 1.24 bits per heavy atom. The first-order valence-corrected chi connectivity index (χ1v) is 30.3. The van der Waals surface area contributed by atoms with E-state index in [0.717, 1.165) is 89.9 Å². The largest absolute Gasteiger partial charge is 0.472 e. The third kappa shape index (κ3) is 54.8. The fourth-order valence-corrected chi connectivity index (χ4v) is 8.50. The van der Waals surface area contributed by atoms with Gasteiger partial charge in [-0.1, -0.05) is 245 Å². The van der Waals surface area contributed by atoms with E-state index in [4.69, 9.17) is 9.05 Å². The molecule has 1 amide bonds. The summed E-state index contributed by atoms with van der Waals surface area (Å²) < 4.78 is 23.6. The van der Waals surface area contributed by atoms with Gasteiger partial charge in [-0.15, -0.1) is 0 Å². The van der Waals surface area contributed by atoms with Crippen molar-refractivity contribution in [2.75, 3.05) is 40.9 Å². The third-order valence-electron chi connectivity index (χ3n) is 12.2. The van der Waals surface area contributed by atoms with E-state index in [9.17, 15) is 19.4 Å². The van der Waals surface area contributed by atoms with Gasteiger partial charge in [0.25, 0.3) is 0 Å². The second kappa shape index (κ2) is 52.0. The van der Waals surface area contributed by atoms with E-state index < -0.39 is 20.0 Å². The smallest absolute Gasteiger partial charge is 0.387 e. The first-order valence-electron chi connectivity index (χ1n) is 28.8. The molecule has 0 aromatic heterocycles. The van der Waals surface area contributed by atoms with Crippen molar-refractivity contribution in [2.45, 2.75) is 238 Å². The van der Waals surface area contributed by atoms with E-state index in [2.05, 4.69) is 116 Å². The second-order valence-corrected chi connectivity index (χ2v) is 21.7. The van der Waals surface area contributed by atoms with Crippen LogP contribution in [0.3, 0.4) is 0 Å². The Morgan fingerprint density at radius 1 is 0.493 bits per heavy atom. The highest BCUT2D eigenvalue weighted by molar-refractivity contribution is 7.47. The van der Waals surface area contributed by atoms with E-state index in [1.807, 2.05) is 27.2 Å². The number of phosphoric acid groups is 1. The number of carbonyl (C=O) groups excluding carboxylic acids is 1. The number of hydrogen-bond donors (Lipinski definition) is 3. The molecule has 0 radical (unpaired) electrons. The summed E-state index contributed by atoms with van der Waals surface area (Å²) in [5, 5.41) is 13.9. The van der Waals surface area contributed by atoms with Gasteiger partial charge in [-0.25, -0.2) is 4.57 Å². The number of aliphatic hydroxyl groups excluding tert-OH is 1. The van der Waals surface area contributed by atoms with Gasteiger partial charge in [0.2, 0.25) is 5.91 Å². The Labute approximate surface area is 438 Å². The maximum Gasteiger partial charge on any atom is 0.472 e. The number of phosphoric ester groups is 1. The summed E-state index contributed by atoms with van der Waals surface area (Å²) in [7, 11) is 1.56. The highest BCUT2D eigenvalue weighted by Crippen LogP contribution is 2.43. The number of likely N-dealkylation sites (N-methyl/N-ethyl adjacent to an activating group) is 1. The molecule has 9 heteroatoms. The molecule has 0 aromatic rings. The Morgan fingerprint density at radius 2 is 0.845 bits per heavy atom. The minimum absolute atomic E-state index is 0.0570. The van der Waals surface area contributed by atoms with Crippen LogP contribution in [0.15, 0.2) is 109 Å². The lowest BCUT2D eigenvalue weighted by atomic mass is 10.0. The fraction of sp³-hybridized carbons (Fsp3) is 0.694. The summed E-state index contributed by atoms with van der Waals surface area (Å²) in [5.41, 5.74) is 0. The number of hydrogen-bond acceptors (Lipinski definition) is 5. The molecular formula is C62H110N2O6P+. The van der Waals surface area contributed by atoms with Crippen molar-refractivity contribution in [1.82, 2.24) is 5.32 Å². The zero-order chi connectivity index (χ0) is 52.0. The molecule has 0 aliphatic carbocycles. The molecule has 3 N–H and O–H groups in total. The van der Waals surface area contributed by atoms with E-state index in [1.165, 1.54) is 116 Å². The lowest BCUT2D eigenvalue weighted by Gasteiger charge is -2.25. The first kappa shape index (κ1) is 68.2. The lowest BCUT2D eigenvalue weighted by molar-refractivity contribution is -0.870. The van der Waals surface area contributed by atoms with E-state index in [1.54, 1.807) is 6.08 Å². The van der Waals surface area contributed by atoms with Crippen molar-refractivity contribution >= 4 is 13.7 Å². The standard InChI is InChI=1S/C62H109N2O6P/c1-6-8-10-12-14-16-18-20-21-22-23-24-25-26-27-28-29-30-31-32-33-34-35-36-37-38-39-40-41-42-43-44-46-48-50-52-54-56-62(66)63-60(59-70-71(67,68)69-58-57-64(3,4)5)61(65)55-53-51-49-47-45-19-17-15-13-11-9-7-2/h8,10,14,16,20-21,23-24,26-27,29-30,32-33,35-36,53,55,60-61,65H,6-7,9,11-13,15,17-19,22,25,28,31,34,37-52,54,56-59H2,1-5H3,(H-,63,66,67,68)/p+1/b10-8-,16-14-,21-20-,24-23-,27-26-,30-29-,33-32-,36-35-,55-53+. The van der Waals surface area contributed by atoms with Gasteiger partial charge in [-0.05, 0) is 83.5 Å². The van der Waals surface area contributed by atoms with Crippen LogP contribution in [0.2, 0.25) is 0 Å². The van der Waals surface area contributed by atoms with Crippen LogP contribution in [0.25, 0.3) is 0 Å². The molecule has 0 spiro atoms. The summed E-state index contributed by atoms with van der Waals surface area (Å²) in [6, 6.07) is -0.852. The Kier molecular flexibility index (Phi) is 50.0. The molecule has 0 saturated carbocycles. The fourth-order valence-electron chi connectivity index (χ4n) is 7.76. The van der Waals surface area contributed by atoms with Gasteiger partial charge in [0.15, 0.2) is 0 Å². The van der Waals surface area contributed by atoms with Crippen molar-refractivity contribution in [3.05, 3.63) is 109 Å². The number of quaternary nitrogens is 1. The summed E-state index contributed by atoms with van der Waals surface area (Å²) in [6.45, 7) is 4.68. The minimum atomic E-state index is -4.35. The normalized spacial score (nSPS) is 14.7. The molecule has 71 heavy (non-hydrogen) atoms. The second-order valence-electron chi connectivity index (χ2n) is 20.3. The van der Waals surface area contributed by atoms with Crippen LogP contribution in [-0.4, -0.2) is 73.4 Å². The van der Waals surface area contributed by atoms with E-state index in [0.29, 0.717) is 17.4 Å². The topological polar surface area (TPSA) is 105 Å². The Hall–Kier alpha value is -2.84. The molecule has 3 atom stereocenters. The van der Waals surface area contributed by atoms with Crippen LogP contribution in [0.4, 0.5) is 0 Å². The van der Waals surface area contributed by atoms with E-state index >= 15 is 0 Å². The average Bonchev–Trinajstić information content (AvgIpc) is 3.33. The summed E-state index contributed by atoms with van der Waals surface area (Å²) in [4.78, 5) is 23.2. The van der Waals surface area contributed by atoms with Crippen molar-refractivity contribution < 1.29 is 32.9 Å². The molecule has 8 nitrogen and oxygen atoms in total. The third-order valence-corrected chi connectivity index (χ3v) is 13.2. The highest BCUT2D eigenvalue weighted by atomic mass is 31.2. The molecule has 0 saturated heterocycles. The molecule has 0 aromatic carbocycles. The lowest BCUT2D eigenvalue weighted by Crippen LogP contribution is -2.45. The van der Waals surface area contributed by atoms with Crippen molar-refractivity contribution in [3.8, 4) is 0 Å². The summed E-state index contributed by atoms with van der Waals surface area (Å²) in [5.74, 6) is -0.184. The Bertz CT molecular complexity index is 1520. The van der Waals surface area contributed by atoms with Gasteiger partial charge in [0, 0.05) is 6.42 Å². The van der Waals surface area contributed by atoms with Crippen molar-refractivity contribution in [2.24, 2.45) is 0 Å². The number of unbranched alkanes of at least 4 members (excludes halogenated alkanes) is 22. The average molecular weight is 1010 g/mol. The molecule has 3 unspecified atom stereocenters. The van der Waals surface area contributed by atoms with Gasteiger partial charge in [0.1, 0.15) is 13.2 Å². The molecule has 0 rings (SSSR count).